The van der Waals surface area contributed by atoms with Crippen LogP contribution in [0.3, 0.4) is 0 Å². The number of furan rings is 1. The quantitative estimate of drug-likeness (QED) is 0.237. The molecule has 0 fully saturated rings. The maximum atomic E-state index is 6.52. The number of fused-ring (bicyclic) bond motifs is 9. The summed E-state index contributed by atoms with van der Waals surface area (Å²) in [7, 11) is 0. The predicted molar refractivity (Wildman–Crippen MR) is 144 cm³/mol. The molecule has 4 heterocycles. The van der Waals surface area contributed by atoms with Crippen molar-refractivity contribution in [1.29, 1.82) is 0 Å². The molecule has 0 aliphatic heterocycles. The smallest absolute Gasteiger partial charge is 0.155 e. The maximum absolute atomic E-state index is 6.52. The molecule has 0 unspecified atom stereocenters. The van der Waals surface area contributed by atoms with E-state index in [-0.39, 0.29) is 0 Å². The zero-order valence-corrected chi connectivity index (χ0v) is 19.3. The summed E-state index contributed by atoms with van der Waals surface area (Å²) in [4.78, 5) is 4.18. The zero-order chi connectivity index (χ0) is 22.4. The Morgan fingerprint density at radius 3 is 2.47 bits per heavy atom. The Hall–Kier alpha value is -3.86. The molecule has 0 saturated heterocycles. The van der Waals surface area contributed by atoms with E-state index >= 15 is 0 Å². The first kappa shape index (κ1) is 18.6. The van der Waals surface area contributed by atoms with Crippen molar-refractivity contribution in [2.24, 2.45) is 0 Å². The second kappa shape index (κ2) is 6.60. The van der Waals surface area contributed by atoms with Gasteiger partial charge in [0.25, 0.3) is 0 Å². The first-order chi connectivity index (χ1) is 16.8. The fourth-order valence-electron chi connectivity index (χ4n) is 5.28. The zero-order valence-electron chi connectivity index (χ0n) is 17.7. The molecule has 0 bridgehead atoms. The van der Waals surface area contributed by atoms with Crippen molar-refractivity contribution in [2.75, 3.05) is 0 Å². The van der Waals surface area contributed by atoms with Gasteiger partial charge in [-0.1, -0.05) is 48.0 Å². The fourth-order valence-corrected chi connectivity index (χ4v) is 6.65. The van der Waals surface area contributed by atoms with Crippen molar-refractivity contribution in [3.8, 4) is 5.69 Å². The van der Waals surface area contributed by atoms with E-state index in [9.17, 15) is 0 Å². The summed E-state index contributed by atoms with van der Waals surface area (Å²) in [6, 6.07) is 28.3. The van der Waals surface area contributed by atoms with Crippen LogP contribution in [0, 0.1) is 0 Å². The minimum atomic E-state index is 0.600. The third-order valence-electron chi connectivity index (χ3n) is 6.75. The van der Waals surface area contributed by atoms with E-state index in [2.05, 4.69) is 82.3 Å². The summed E-state index contributed by atoms with van der Waals surface area (Å²) in [5, 5.41) is 7.62. The van der Waals surface area contributed by atoms with Gasteiger partial charge in [-0.05, 0) is 42.5 Å². The molecule has 4 aromatic carbocycles. The number of thiophene rings is 1. The molecule has 34 heavy (non-hydrogen) atoms. The molecule has 4 aromatic heterocycles. The number of hydrogen-bond donors (Lipinski definition) is 0. The van der Waals surface area contributed by atoms with E-state index in [1.807, 2.05) is 17.4 Å². The summed E-state index contributed by atoms with van der Waals surface area (Å²) in [5.74, 6) is 0. The van der Waals surface area contributed by atoms with Gasteiger partial charge < -0.3 is 8.98 Å². The van der Waals surface area contributed by atoms with Crippen LogP contribution in [0.2, 0.25) is 5.02 Å². The first-order valence-electron chi connectivity index (χ1n) is 11.1. The Kier molecular flexibility index (Phi) is 3.60. The lowest BCUT2D eigenvalue weighted by Crippen LogP contribution is -1.93. The normalized spacial score (nSPS) is 12.3. The lowest BCUT2D eigenvalue weighted by molar-refractivity contribution is 0.667. The summed E-state index contributed by atoms with van der Waals surface area (Å²) in [6.45, 7) is 0. The van der Waals surface area contributed by atoms with Crippen LogP contribution < -0.4 is 0 Å². The fraction of sp³-hybridized carbons (Fsp3) is 0. The van der Waals surface area contributed by atoms with Crippen LogP contribution in [0.1, 0.15) is 0 Å². The predicted octanol–water partition coefficient (Wildman–Crippen LogP) is 9.10. The molecule has 5 heteroatoms. The van der Waals surface area contributed by atoms with Gasteiger partial charge >= 0.3 is 0 Å². The van der Waals surface area contributed by atoms with Gasteiger partial charge in [-0.3, -0.25) is 4.98 Å². The number of aromatic nitrogens is 2. The molecule has 0 N–H and O–H groups in total. The Bertz CT molecular complexity index is 2100. The van der Waals surface area contributed by atoms with E-state index in [1.165, 1.54) is 42.0 Å². The number of pyridine rings is 1. The van der Waals surface area contributed by atoms with Crippen molar-refractivity contribution in [3.63, 3.8) is 0 Å². The van der Waals surface area contributed by atoms with Crippen molar-refractivity contribution >= 4 is 86.9 Å². The highest BCUT2D eigenvalue weighted by Gasteiger charge is 2.17. The summed E-state index contributed by atoms with van der Waals surface area (Å²) >= 11 is 8.37. The van der Waals surface area contributed by atoms with Crippen LogP contribution in [0.25, 0.3) is 69.6 Å². The summed E-state index contributed by atoms with van der Waals surface area (Å²) in [6.07, 6.45) is 3.39. The third-order valence-corrected chi connectivity index (χ3v) is 8.17. The second-order valence-corrected chi connectivity index (χ2v) is 10.1. The molecule has 8 aromatic rings. The average molecular weight is 475 g/mol. The number of halogens is 1. The monoisotopic (exact) mass is 474 g/mol. The number of rotatable bonds is 1. The Labute approximate surface area is 202 Å². The van der Waals surface area contributed by atoms with E-state index in [4.69, 9.17) is 16.0 Å². The second-order valence-electron chi connectivity index (χ2n) is 8.59. The van der Waals surface area contributed by atoms with Gasteiger partial charge in [-0.15, -0.1) is 11.3 Å². The SMILES string of the molecule is Clc1cncc2oc3ccc(-n4c5ccccc5c5cc6c(cc54)sc4ccccc46)cc3c12. The molecule has 0 radical (unpaired) electrons. The minimum absolute atomic E-state index is 0.600. The van der Waals surface area contributed by atoms with Crippen LogP contribution >= 0.6 is 22.9 Å². The molecular formula is C29H15ClN2OS. The molecule has 0 amide bonds. The molecular weight excluding hydrogens is 460 g/mol. The van der Waals surface area contributed by atoms with E-state index < -0.39 is 0 Å². The van der Waals surface area contributed by atoms with Crippen molar-refractivity contribution in [1.82, 2.24) is 9.55 Å². The molecule has 0 spiro atoms. The third kappa shape index (κ3) is 2.39. The molecule has 0 atom stereocenters. The standard InChI is InChI=1S/C29H15ClN2OS/c30-22-14-31-15-26-29(22)21-11-16(9-10-25(21)33-26)32-23-7-3-1-5-17(23)19-12-20-18-6-2-4-8-27(18)34-28(20)13-24(19)32/h1-15H. The molecule has 160 valence electrons. The van der Waals surface area contributed by atoms with Gasteiger partial charge in [-0.25, -0.2) is 0 Å². The largest absolute Gasteiger partial charge is 0.454 e. The van der Waals surface area contributed by atoms with Crippen molar-refractivity contribution in [2.45, 2.75) is 0 Å². The highest BCUT2D eigenvalue weighted by molar-refractivity contribution is 7.25. The van der Waals surface area contributed by atoms with Gasteiger partial charge in [0.1, 0.15) is 5.58 Å². The first-order valence-corrected chi connectivity index (χ1v) is 12.3. The molecule has 0 aliphatic rings. The van der Waals surface area contributed by atoms with Crippen molar-refractivity contribution in [3.05, 3.63) is 96.3 Å². The lowest BCUT2D eigenvalue weighted by Gasteiger charge is -2.08. The van der Waals surface area contributed by atoms with Gasteiger partial charge in [-0.2, -0.15) is 0 Å². The van der Waals surface area contributed by atoms with Crippen LogP contribution in [-0.2, 0) is 0 Å². The Balaban J connectivity index is 1.52. The van der Waals surface area contributed by atoms with Crippen molar-refractivity contribution < 1.29 is 4.42 Å². The Morgan fingerprint density at radius 1 is 0.676 bits per heavy atom. The number of para-hydroxylation sites is 1. The minimum Gasteiger partial charge on any atom is -0.454 e. The molecule has 8 rings (SSSR count). The Morgan fingerprint density at radius 2 is 1.53 bits per heavy atom. The van der Waals surface area contributed by atoms with E-state index in [1.54, 1.807) is 12.4 Å². The van der Waals surface area contributed by atoms with Crippen LogP contribution in [0.4, 0.5) is 0 Å². The lowest BCUT2D eigenvalue weighted by atomic mass is 10.1. The number of benzene rings is 4. The van der Waals surface area contributed by atoms with E-state index in [0.717, 1.165) is 22.0 Å². The molecule has 0 saturated carbocycles. The van der Waals surface area contributed by atoms with Gasteiger partial charge in [0, 0.05) is 48.2 Å². The highest BCUT2D eigenvalue weighted by atomic mass is 35.5. The number of nitrogens with zero attached hydrogens (tertiary/aromatic N) is 2. The molecule has 3 nitrogen and oxygen atoms in total. The molecule has 0 aliphatic carbocycles. The summed E-state index contributed by atoms with van der Waals surface area (Å²) < 4.78 is 11.0. The van der Waals surface area contributed by atoms with Gasteiger partial charge in [0.15, 0.2) is 5.58 Å². The highest BCUT2D eigenvalue weighted by Crippen LogP contribution is 2.41. The van der Waals surface area contributed by atoms with Gasteiger partial charge in [0.05, 0.1) is 27.6 Å². The topological polar surface area (TPSA) is 31.0 Å². The van der Waals surface area contributed by atoms with E-state index in [0.29, 0.717) is 10.6 Å². The maximum Gasteiger partial charge on any atom is 0.155 e. The average Bonchev–Trinajstić information content (AvgIpc) is 3.51. The van der Waals surface area contributed by atoms with Crippen LogP contribution in [0.15, 0.2) is 95.7 Å². The van der Waals surface area contributed by atoms with Gasteiger partial charge in [0.2, 0.25) is 0 Å². The van der Waals surface area contributed by atoms with Crippen LogP contribution in [0.5, 0.6) is 0 Å². The van der Waals surface area contributed by atoms with Crippen LogP contribution in [-0.4, -0.2) is 9.55 Å². The number of hydrogen-bond acceptors (Lipinski definition) is 3. The summed E-state index contributed by atoms with van der Waals surface area (Å²) in [5.41, 5.74) is 4.96.